The standard InChI is InChI=1S/C20H23N5O4S/c1-14-11-18(25(23-14)16-7-10-30(27,28)13-16)22-20(26)15-3-5-17(6-4-15)29-12-19-21-8-9-24(19)2/h3-6,8-9,11,16H,7,10,12-13H2,1-2H3,(H,22,26). The molecule has 1 unspecified atom stereocenters. The van der Waals surface area contributed by atoms with E-state index in [-0.39, 0.29) is 23.5 Å². The van der Waals surface area contributed by atoms with E-state index in [0.29, 0.717) is 35.9 Å². The minimum Gasteiger partial charge on any atom is -0.486 e. The van der Waals surface area contributed by atoms with Gasteiger partial charge in [-0.1, -0.05) is 0 Å². The molecule has 1 aliphatic heterocycles. The van der Waals surface area contributed by atoms with Gasteiger partial charge in [0, 0.05) is 31.1 Å². The zero-order valence-corrected chi connectivity index (χ0v) is 17.6. The molecule has 1 aromatic carbocycles. The molecule has 9 nitrogen and oxygen atoms in total. The Morgan fingerprint density at radius 2 is 2.07 bits per heavy atom. The molecule has 0 spiro atoms. The molecule has 10 heteroatoms. The highest BCUT2D eigenvalue weighted by Crippen LogP contribution is 2.27. The van der Waals surface area contributed by atoms with Crippen LogP contribution in [0.25, 0.3) is 0 Å². The van der Waals surface area contributed by atoms with Crippen LogP contribution in [0.2, 0.25) is 0 Å². The molecule has 1 amide bonds. The van der Waals surface area contributed by atoms with E-state index in [0.717, 1.165) is 5.82 Å². The SMILES string of the molecule is Cc1cc(NC(=O)c2ccc(OCc3nccn3C)cc2)n(C2CCS(=O)(=O)C2)n1. The molecule has 30 heavy (non-hydrogen) atoms. The van der Waals surface area contributed by atoms with Crippen LogP contribution < -0.4 is 10.1 Å². The second-order valence-corrected chi connectivity index (χ2v) is 9.62. The number of aromatic nitrogens is 4. The summed E-state index contributed by atoms with van der Waals surface area (Å²) in [6, 6.07) is 8.29. The molecule has 1 saturated heterocycles. The van der Waals surface area contributed by atoms with Crippen molar-refractivity contribution in [2.24, 2.45) is 7.05 Å². The number of imidazole rings is 1. The summed E-state index contributed by atoms with van der Waals surface area (Å²) in [5.74, 6) is 1.81. The average molecular weight is 430 g/mol. The van der Waals surface area contributed by atoms with Crippen LogP contribution in [0.15, 0.2) is 42.7 Å². The number of carbonyl (C=O) groups is 1. The van der Waals surface area contributed by atoms with Gasteiger partial charge < -0.3 is 14.6 Å². The summed E-state index contributed by atoms with van der Waals surface area (Å²) in [5.41, 5.74) is 1.18. The molecule has 2 aromatic heterocycles. The van der Waals surface area contributed by atoms with Crippen molar-refractivity contribution in [2.45, 2.75) is 26.0 Å². The Morgan fingerprint density at radius 1 is 1.30 bits per heavy atom. The fourth-order valence-corrected chi connectivity index (χ4v) is 5.12. The van der Waals surface area contributed by atoms with Crippen molar-refractivity contribution < 1.29 is 17.9 Å². The second-order valence-electron chi connectivity index (χ2n) is 7.39. The number of rotatable bonds is 6. The molecule has 1 aliphatic rings. The summed E-state index contributed by atoms with van der Waals surface area (Å²) in [6.45, 7) is 2.14. The first-order valence-corrected chi connectivity index (χ1v) is 11.4. The first-order chi connectivity index (χ1) is 14.3. The normalized spacial score (nSPS) is 17.7. The van der Waals surface area contributed by atoms with Gasteiger partial charge in [0.15, 0.2) is 9.84 Å². The molecule has 4 rings (SSSR count). The van der Waals surface area contributed by atoms with Crippen molar-refractivity contribution in [3.63, 3.8) is 0 Å². The molecule has 0 aliphatic carbocycles. The molecular weight excluding hydrogens is 406 g/mol. The number of carbonyl (C=O) groups excluding carboxylic acids is 1. The van der Waals surface area contributed by atoms with E-state index in [1.165, 1.54) is 0 Å². The maximum absolute atomic E-state index is 12.7. The third-order valence-electron chi connectivity index (χ3n) is 5.06. The van der Waals surface area contributed by atoms with Gasteiger partial charge in [0.2, 0.25) is 0 Å². The van der Waals surface area contributed by atoms with Crippen LogP contribution >= 0.6 is 0 Å². The van der Waals surface area contributed by atoms with Crippen molar-refractivity contribution in [2.75, 3.05) is 16.8 Å². The van der Waals surface area contributed by atoms with Crippen molar-refractivity contribution in [3.05, 3.63) is 59.8 Å². The zero-order chi connectivity index (χ0) is 21.3. The van der Waals surface area contributed by atoms with Crippen molar-refractivity contribution in [3.8, 4) is 5.75 Å². The molecule has 3 aromatic rings. The number of hydrogen-bond donors (Lipinski definition) is 1. The van der Waals surface area contributed by atoms with Crippen LogP contribution in [0.4, 0.5) is 5.82 Å². The summed E-state index contributed by atoms with van der Waals surface area (Å²) in [6.07, 6.45) is 4.05. The number of nitrogens with one attached hydrogen (secondary N) is 1. The van der Waals surface area contributed by atoms with Gasteiger partial charge in [0.25, 0.3) is 5.91 Å². The molecule has 3 heterocycles. The first kappa shape index (κ1) is 20.1. The molecule has 0 radical (unpaired) electrons. The number of sulfone groups is 1. The van der Waals surface area contributed by atoms with E-state index in [1.807, 2.05) is 24.7 Å². The molecule has 0 saturated carbocycles. The van der Waals surface area contributed by atoms with Gasteiger partial charge in [-0.05, 0) is 37.6 Å². The van der Waals surface area contributed by atoms with E-state index in [1.54, 1.807) is 41.2 Å². The highest BCUT2D eigenvalue weighted by Gasteiger charge is 2.31. The van der Waals surface area contributed by atoms with Crippen LogP contribution in [0, 0.1) is 6.92 Å². The summed E-state index contributed by atoms with van der Waals surface area (Å²) in [5, 5.41) is 7.23. The van der Waals surface area contributed by atoms with E-state index < -0.39 is 9.84 Å². The molecule has 0 bridgehead atoms. The van der Waals surface area contributed by atoms with Crippen molar-refractivity contribution >= 4 is 21.6 Å². The largest absolute Gasteiger partial charge is 0.486 e. The minimum atomic E-state index is -3.05. The Labute approximate surface area is 174 Å². The van der Waals surface area contributed by atoms with Crippen LogP contribution in [0.5, 0.6) is 5.75 Å². The van der Waals surface area contributed by atoms with Gasteiger partial charge >= 0.3 is 0 Å². The van der Waals surface area contributed by atoms with Gasteiger partial charge in [-0.3, -0.25) is 4.79 Å². The number of nitrogens with zero attached hydrogens (tertiary/aromatic N) is 4. The summed E-state index contributed by atoms with van der Waals surface area (Å²) in [7, 11) is -1.16. The number of aryl methyl sites for hydroxylation is 2. The highest BCUT2D eigenvalue weighted by molar-refractivity contribution is 7.91. The Balaban J connectivity index is 1.42. The number of anilines is 1. The zero-order valence-electron chi connectivity index (χ0n) is 16.8. The lowest BCUT2D eigenvalue weighted by Crippen LogP contribution is -2.19. The quantitative estimate of drug-likeness (QED) is 0.643. The van der Waals surface area contributed by atoms with Crippen LogP contribution in [-0.2, 0) is 23.5 Å². The maximum Gasteiger partial charge on any atom is 0.256 e. The van der Waals surface area contributed by atoms with Gasteiger partial charge in [-0.2, -0.15) is 5.10 Å². The summed E-state index contributed by atoms with van der Waals surface area (Å²) in [4.78, 5) is 16.9. The van der Waals surface area contributed by atoms with E-state index >= 15 is 0 Å². The molecule has 158 valence electrons. The maximum atomic E-state index is 12.7. The molecular formula is C20H23N5O4S. The fourth-order valence-electron chi connectivity index (χ4n) is 3.43. The summed E-state index contributed by atoms with van der Waals surface area (Å²) >= 11 is 0. The lowest BCUT2D eigenvalue weighted by Gasteiger charge is -2.14. The van der Waals surface area contributed by atoms with E-state index in [4.69, 9.17) is 4.74 Å². The molecule has 1 fully saturated rings. The average Bonchev–Trinajstić information content (AvgIpc) is 3.39. The predicted molar refractivity (Wildman–Crippen MR) is 111 cm³/mol. The second kappa shape index (κ2) is 7.94. The Hall–Kier alpha value is -3.14. The lowest BCUT2D eigenvalue weighted by atomic mass is 10.2. The van der Waals surface area contributed by atoms with Crippen molar-refractivity contribution in [1.29, 1.82) is 0 Å². The monoisotopic (exact) mass is 429 g/mol. The number of benzene rings is 1. The van der Waals surface area contributed by atoms with Gasteiger partial charge in [0.05, 0.1) is 23.2 Å². The Morgan fingerprint density at radius 3 is 2.70 bits per heavy atom. The third-order valence-corrected chi connectivity index (χ3v) is 6.81. The smallest absolute Gasteiger partial charge is 0.256 e. The van der Waals surface area contributed by atoms with Crippen LogP contribution in [-0.4, -0.2) is 45.2 Å². The molecule has 1 atom stereocenters. The lowest BCUT2D eigenvalue weighted by molar-refractivity contribution is 0.102. The predicted octanol–water partition coefficient (Wildman–Crippen LogP) is 2.12. The van der Waals surface area contributed by atoms with Gasteiger partial charge in [-0.25, -0.2) is 18.1 Å². The number of ether oxygens (including phenoxy) is 1. The van der Waals surface area contributed by atoms with Crippen molar-refractivity contribution in [1.82, 2.24) is 19.3 Å². The van der Waals surface area contributed by atoms with E-state index in [9.17, 15) is 13.2 Å². The topological polar surface area (TPSA) is 108 Å². The van der Waals surface area contributed by atoms with E-state index in [2.05, 4.69) is 15.4 Å². The number of amides is 1. The fraction of sp³-hybridized carbons (Fsp3) is 0.350. The Bertz CT molecular complexity index is 1160. The number of hydrogen-bond acceptors (Lipinski definition) is 6. The Kier molecular flexibility index (Phi) is 5.33. The van der Waals surface area contributed by atoms with Gasteiger partial charge in [0.1, 0.15) is 24.0 Å². The van der Waals surface area contributed by atoms with Crippen LogP contribution in [0.3, 0.4) is 0 Å². The van der Waals surface area contributed by atoms with Gasteiger partial charge in [-0.15, -0.1) is 0 Å². The third kappa shape index (κ3) is 4.38. The van der Waals surface area contributed by atoms with Crippen LogP contribution in [0.1, 0.15) is 34.3 Å². The minimum absolute atomic E-state index is 0.0407. The first-order valence-electron chi connectivity index (χ1n) is 9.58. The summed E-state index contributed by atoms with van der Waals surface area (Å²) < 4.78 is 32.8. The highest BCUT2D eigenvalue weighted by atomic mass is 32.2. The molecule has 1 N–H and O–H groups in total.